The molecule has 0 saturated carbocycles. The highest BCUT2D eigenvalue weighted by atomic mass is 127. The lowest BCUT2D eigenvalue weighted by Gasteiger charge is -1.98. The Kier molecular flexibility index (Phi) is 8.79. The van der Waals surface area contributed by atoms with Crippen LogP contribution >= 0.6 is 35.7 Å². The van der Waals surface area contributed by atoms with Crippen LogP contribution in [0.25, 0.3) is 0 Å². The highest BCUT2D eigenvalue weighted by molar-refractivity contribution is 14.0. The molecule has 0 fully saturated rings. The van der Waals surface area contributed by atoms with E-state index in [0.29, 0.717) is 5.17 Å². The van der Waals surface area contributed by atoms with Crippen LogP contribution in [0.2, 0.25) is 0 Å². The third kappa shape index (κ3) is 6.72. The first-order valence-electron chi connectivity index (χ1n) is 4.56. The van der Waals surface area contributed by atoms with Gasteiger partial charge in [0.05, 0.1) is 0 Å². The lowest BCUT2D eigenvalue weighted by molar-refractivity contribution is 0.812. The summed E-state index contributed by atoms with van der Waals surface area (Å²) in [4.78, 5) is 8.42. The monoisotopic (exact) mass is 337 g/mol. The van der Waals surface area contributed by atoms with Gasteiger partial charge in [0.15, 0.2) is 5.17 Å². The maximum atomic E-state index is 5.55. The molecule has 1 aromatic rings. The summed E-state index contributed by atoms with van der Waals surface area (Å²) in [5.74, 6) is 0. The van der Waals surface area contributed by atoms with E-state index in [2.05, 4.69) is 9.98 Å². The third-order valence-corrected chi connectivity index (χ3v) is 2.34. The first-order valence-corrected chi connectivity index (χ1v) is 5.79. The Balaban J connectivity index is 0.00000196. The van der Waals surface area contributed by atoms with Crippen molar-refractivity contribution < 1.29 is 0 Å². The van der Waals surface area contributed by atoms with Crippen LogP contribution in [0.1, 0.15) is 12.1 Å². The Morgan fingerprint density at radius 3 is 2.93 bits per heavy atom. The van der Waals surface area contributed by atoms with Gasteiger partial charge in [0.25, 0.3) is 0 Å². The third-order valence-electron chi connectivity index (χ3n) is 1.79. The number of amidine groups is 1. The Morgan fingerprint density at radius 1 is 1.53 bits per heavy atom. The molecule has 0 spiro atoms. The molecule has 5 heteroatoms. The van der Waals surface area contributed by atoms with E-state index in [1.165, 1.54) is 11.8 Å². The molecule has 2 N–H and O–H groups in total. The summed E-state index contributed by atoms with van der Waals surface area (Å²) in [5, 5.41) is 0.658. The van der Waals surface area contributed by atoms with Crippen LogP contribution in [0, 0.1) is 0 Å². The van der Waals surface area contributed by atoms with E-state index in [4.69, 9.17) is 5.73 Å². The highest BCUT2D eigenvalue weighted by Crippen LogP contribution is 1.99. The number of hydrogen-bond donors (Lipinski definition) is 1. The summed E-state index contributed by atoms with van der Waals surface area (Å²) in [6.45, 7) is 0.781. The van der Waals surface area contributed by atoms with Crippen LogP contribution in [0.5, 0.6) is 0 Å². The van der Waals surface area contributed by atoms with Gasteiger partial charge in [-0.1, -0.05) is 17.8 Å². The van der Waals surface area contributed by atoms with Crippen LogP contribution < -0.4 is 5.73 Å². The largest absolute Gasteiger partial charge is 0.379 e. The van der Waals surface area contributed by atoms with Crippen LogP contribution in [0.15, 0.2) is 29.4 Å². The van der Waals surface area contributed by atoms with Crippen molar-refractivity contribution in [1.82, 2.24) is 4.98 Å². The van der Waals surface area contributed by atoms with E-state index >= 15 is 0 Å². The smallest absolute Gasteiger partial charge is 0.153 e. The second kappa shape index (κ2) is 8.96. The Labute approximate surface area is 112 Å². The molecule has 0 saturated heterocycles. The maximum Gasteiger partial charge on any atom is 0.153 e. The summed E-state index contributed by atoms with van der Waals surface area (Å²) in [6.07, 6.45) is 5.71. The summed E-state index contributed by atoms with van der Waals surface area (Å²) in [5.41, 5.74) is 6.67. The van der Waals surface area contributed by atoms with Crippen molar-refractivity contribution in [2.45, 2.75) is 12.8 Å². The predicted octanol–water partition coefficient (Wildman–Crippen LogP) is 2.31. The number of halogens is 1. The van der Waals surface area contributed by atoms with Crippen molar-refractivity contribution >= 4 is 40.9 Å². The molecule has 0 radical (unpaired) electrons. The molecular weight excluding hydrogens is 321 g/mol. The van der Waals surface area contributed by atoms with Crippen molar-refractivity contribution in [2.24, 2.45) is 10.7 Å². The van der Waals surface area contributed by atoms with Gasteiger partial charge in [-0.25, -0.2) is 0 Å². The second-order valence-electron chi connectivity index (χ2n) is 2.85. The highest BCUT2D eigenvalue weighted by Gasteiger charge is 1.92. The molecule has 0 aliphatic carbocycles. The fourth-order valence-electron chi connectivity index (χ4n) is 1.06. The van der Waals surface area contributed by atoms with E-state index in [1.807, 2.05) is 30.7 Å². The minimum Gasteiger partial charge on any atom is -0.379 e. The second-order valence-corrected chi connectivity index (χ2v) is 3.68. The molecule has 0 aliphatic heterocycles. The molecule has 1 heterocycles. The number of rotatable bonds is 4. The molecule has 0 aromatic carbocycles. The molecular formula is C10H16IN3S. The Bertz CT molecular complexity index is 290. The van der Waals surface area contributed by atoms with Crippen molar-refractivity contribution in [3.05, 3.63) is 30.1 Å². The number of pyridine rings is 1. The van der Waals surface area contributed by atoms with Gasteiger partial charge in [0, 0.05) is 18.4 Å². The quantitative estimate of drug-likeness (QED) is 0.397. The topological polar surface area (TPSA) is 51.3 Å². The molecule has 84 valence electrons. The van der Waals surface area contributed by atoms with Gasteiger partial charge in [0.1, 0.15) is 0 Å². The van der Waals surface area contributed by atoms with Gasteiger partial charge in [-0.15, -0.1) is 24.0 Å². The summed E-state index contributed by atoms with van der Waals surface area (Å²) >= 11 is 1.48. The Hall–Kier alpha value is -0.300. The summed E-state index contributed by atoms with van der Waals surface area (Å²) in [7, 11) is 0. The number of aromatic nitrogens is 1. The van der Waals surface area contributed by atoms with E-state index in [0.717, 1.165) is 25.1 Å². The van der Waals surface area contributed by atoms with Crippen LogP contribution in [0.3, 0.4) is 0 Å². The maximum absolute atomic E-state index is 5.55. The van der Waals surface area contributed by atoms with Gasteiger partial charge >= 0.3 is 0 Å². The van der Waals surface area contributed by atoms with Gasteiger partial charge in [-0.3, -0.25) is 9.98 Å². The van der Waals surface area contributed by atoms with Crippen molar-refractivity contribution in [1.29, 1.82) is 0 Å². The number of nitrogens with zero attached hydrogens (tertiary/aromatic N) is 2. The molecule has 0 amide bonds. The first-order chi connectivity index (χ1) is 6.83. The van der Waals surface area contributed by atoms with Crippen LogP contribution in [0.4, 0.5) is 0 Å². The van der Waals surface area contributed by atoms with E-state index in [1.54, 1.807) is 0 Å². The van der Waals surface area contributed by atoms with E-state index < -0.39 is 0 Å². The number of aliphatic imine (C=N–C) groups is 1. The number of aryl methyl sites for hydroxylation is 1. The molecule has 3 nitrogen and oxygen atoms in total. The van der Waals surface area contributed by atoms with Gasteiger partial charge in [-0.2, -0.15) is 0 Å². The molecule has 1 rings (SSSR count). The van der Waals surface area contributed by atoms with Crippen LogP contribution in [-0.4, -0.2) is 23.0 Å². The molecule has 0 unspecified atom stereocenters. The van der Waals surface area contributed by atoms with Crippen molar-refractivity contribution in [3.63, 3.8) is 0 Å². The van der Waals surface area contributed by atoms with Gasteiger partial charge < -0.3 is 5.73 Å². The Morgan fingerprint density at radius 2 is 2.33 bits per heavy atom. The standard InChI is InChI=1S/C10H15N3S.HI/c1-14-10(11)13-8-4-6-9-5-2-3-7-12-9;/h2-3,5,7H,4,6,8H2,1H3,(H2,11,13);1H. The normalized spacial score (nSPS) is 10.9. The summed E-state index contributed by atoms with van der Waals surface area (Å²) in [6, 6.07) is 5.96. The minimum absolute atomic E-state index is 0. The lowest BCUT2D eigenvalue weighted by atomic mass is 10.2. The van der Waals surface area contributed by atoms with E-state index in [9.17, 15) is 0 Å². The zero-order chi connectivity index (χ0) is 10.2. The van der Waals surface area contributed by atoms with Crippen molar-refractivity contribution in [2.75, 3.05) is 12.8 Å². The fourth-order valence-corrected chi connectivity index (χ4v) is 1.28. The molecule has 15 heavy (non-hydrogen) atoms. The van der Waals surface area contributed by atoms with Gasteiger partial charge in [-0.05, 0) is 31.2 Å². The SMILES string of the molecule is CSC(N)=NCCCc1ccccn1.I. The van der Waals surface area contributed by atoms with Crippen LogP contribution in [-0.2, 0) is 6.42 Å². The van der Waals surface area contributed by atoms with E-state index in [-0.39, 0.29) is 24.0 Å². The average Bonchev–Trinajstić information content (AvgIpc) is 2.25. The lowest BCUT2D eigenvalue weighted by Crippen LogP contribution is -2.06. The molecule has 0 bridgehead atoms. The van der Waals surface area contributed by atoms with Crippen molar-refractivity contribution in [3.8, 4) is 0 Å². The number of nitrogens with two attached hydrogens (primary N) is 1. The number of thioether (sulfide) groups is 1. The number of hydrogen-bond acceptors (Lipinski definition) is 3. The molecule has 0 atom stereocenters. The molecule has 0 aliphatic rings. The summed E-state index contributed by atoms with van der Waals surface area (Å²) < 4.78 is 0. The predicted molar refractivity (Wildman–Crippen MR) is 78.0 cm³/mol. The zero-order valence-corrected chi connectivity index (χ0v) is 11.9. The minimum atomic E-state index is 0. The average molecular weight is 337 g/mol. The fraction of sp³-hybridized carbons (Fsp3) is 0.400. The molecule has 1 aromatic heterocycles. The first kappa shape index (κ1) is 14.7. The zero-order valence-electron chi connectivity index (χ0n) is 8.72. The van der Waals surface area contributed by atoms with Gasteiger partial charge in [0.2, 0.25) is 0 Å².